The van der Waals surface area contributed by atoms with Crippen LogP contribution in [-0.4, -0.2) is 11.6 Å². The van der Waals surface area contributed by atoms with Crippen molar-refractivity contribution in [1.29, 1.82) is 0 Å². The third-order valence-electron chi connectivity index (χ3n) is 5.37. The smallest absolute Gasteiger partial charge is 0.162 e. The van der Waals surface area contributed by atoms with E-state index < -0.39 is 0 Å². The lowest BCUT2D eigenvalue weighted by Gasteiger charge is -2.07. The number of para-hydroxylation sites is 2. The molecule has 4 rings (SSSR count). The van der Waals surface area contributed by atoms with Gasteiger partial charge >= 0.3 is 0 Å². The highest BCUT2D eigenvalue weighted by molar-refractivity contribution is 5.97. The van der Waals surface area contributed by atoms with Crippen molar-refractivity contribution < 1.29 is 19.1 Å². The molecule has 0 spiro atoms. The van der Waals surface area contributed by atoms with Crippen LogP contribution in [0.1, 0.15) is 46.4 Å². The van der Waals surface area contributed by atoms with Gasteiger partial charge in [-0.05, 0) is 85.6 Å². The molecule has 0 saturated heterocycles. The predicted octanol–water partition coefficient (Wildman–Crippen LogP) is 7.90. The summed E-state index contributed by atoms with van der Waals surface area (Å²) < 4.78 is 11.5. The van der Waals surface area contributed by atoms with Gasteiger partial charge < -0.3 is 9.47 Å². The Balaban J connectivity index is 1.19. The van der Waals surface area contributed by atoms with Gasteiger partial charge in [0.25, 0.3) is 0 Å². The summed E-state index contributed by atoms with van der Waals surface area (Å²) in [4.78, 5) is 25.0. The van der Waals surface area contributed by atoms with Gasteiger partial charge in [-0.25, -0.2) is 0 Å². The molecule has 4 heteroatoms. The summed E-state index contributed by atoms with van der Waals surface area (Å²) in [7, 11) is 0. The molecule has 0 aliphatic carbocycles. The van der Waals surface area contributed by atoms with E-state index in [9.17, 15) is 9.59 Å². The van der Waals surface area contributed by atoms with Gasteiger partial charge in [-0.1, -0.05) is 36.4 Å². The Labute approximate surface area is 199 Å². The topological polar surface area (TPSA) is 52.6 Å². The molecule has 0 aliphatic heterocycles. The maximum atomic E-state index is 12.5. The zero-order valence-corrected chi connectivity index (χ0v) is 18.9. The molecule has 0 aliphatic rings. The molecule has 0 atom stereocenters. The van der Waals surface area contributed by atoms with E-state index in [1.54, 1.807) is 48.5 Å². The Morgan fingerprint density at radius 1 is 0.441 bits per heavy atom. The molecule has 170 valence electrons. The highest BCUT2D eigenvalue weighted by Crippen LogP contribution is 2.23. The summed E-state index contributed by atoms with van der Waals surface area (Å²) in [5.74, 6) is 3.03. The maximum absolute atomic E-state index is 12.5. The molecule has 4 nitrogen and oxygen atoms in total. The second-order valence-electron chi connectivity index (χ2n) is 7.93. The number of hydrogen-bond acceptors (Lipinski definition) is 4. The molecule has 0 N–H and O–H groups in total. The molecule has 4 aromatic carbocycles. The van der Waals surface area contributed by atoms with Crippen LogP contribution in [0.5, 0.6) is 23.0 Å². The lowest BCUT2D eigenvalue weighted by atomic mass is 10.0. The zero-order valence-electron chi connectivity index (χ0n) is 18.9. The van der Waals surface area contributed by atoms with Crippen molar-refractivity contribution in [3.05, 3.63) is 120 Å². The third-order valence-corrected chi connectivity index (χ3v) is 5.37. The summed E-state index contributed by atoms with van der Waals surface area (Å²) in [6, 6.07) is 33.4. The molecule has 0 unspecified atom stereocenters. The average molecular weight is 451 g/mol. The number of rotatable bonds is 11. The minimum atomic E-state index is 0.0705. The summed E-state index contributed by atoms with van der Waals surface area (Å²) in [6.45, 7) is 0. The van der Waals surface area contributed by atoms with E-state index in [1.807, 2.05) is 60.7 Å². The Morgan fingerprint density at radius 2 is 0.765 bits per heavy atom. The van der Waals surface area contributed by atoms with Crippen LogP contribution in [0.15, 0.2) is 109 Å². The Hall–Kier alpha value is -4.18. The van der Waals surface area contributed by atoms with Crippen LogP contribution in [0.25, 0.3) is 0 Å². The number of hydrogen-bond donors (Lipinski definition) is 0. The largest absolute Gasteiger partial charge is 0.457 e. The van der Waals surface area contributed by atoms with E-state index in [0.717, 1.165) is 11.5 Å². The third kappa shape index (κ3) is 6.66. The maximum Gasteiger partial charge on any atom is 0.162 e. The van der Waals surface area contributed by atoms with Crippen LogP contribution >= 0.6 is 0 Å². The quantitative estimate of drug-likeness (QED) is 0.172. The summed E-state index contributed by atoms with van der Waals surface area (Å²) >= 11 is 0. The minimum absolute atomic E-state index is 0.0705. The van der Waals surface area contributed by atoms with Gasteiger partial charge in [-0.3, -0.25) is 9.59 Å². The number of unbranched alkanes of at least 4 members (excludes halogenated alkanes) is 1. The number of Topliss-reactive ketones (excluding diaryl/α,β-unsaturated/α-hetero) is 2. The molecule has 4 aromatic rings. The van der Waals surface area contributed by atoms with Crippen LogP contribution in [0, 0.1) is 0 Å². The number of benzene rings is 4. The van der Waals surface area contributed by atoms with Crippen molar-refractivity contribution in [3.63, 3.8) is 0 Å². The molecule has 0 bridgehead atoms. The molecular weight excluding hydrogens is 424 g/mol. The van der Waals surface area contributed by atoms with Gasteiger partial charge in [-0.15, -0.1) is 0 Å². The SMILES string of the molecule is O=C(CCCCC(=O)c1ccc(Oc2ccccc2)cc1)c1ccc(Oc2ccccc2)cc1. The summed E-state index contributed by atoms with van der Waals surface area (Å²) in [6.07, 6.45) is 2.16. The lowest BCUT2D eigenvalue weighted by molar-refractivity contribution is 0.0954. The fourth-order valence-corrected chi connectivity index (χ4v) is 3.53. The van der Waals surface area contributed by atoms with E-state index in [2.05, 4.69) is 0 Å². The molecule has 0 amide bonds. The second kappa shape index (κ2) is 11.6. The normalized spacial score (nSPS) is 10.5. The van der Waals surface area contributed by atoms with Gasteiger partial charge in [0, 0.05) is 24.0 Å². The van der Waals surface area contributed by atoms with E-state index in [1.165, 1.54) is 0 Å². The van der Waals surface area contributed by atoms with Crippen molar-refractivity contribution >= 4 is 11.6 Å². The van der Waals surface area contributed by atoms with Gasteiger partial charge in [0.1, 0.15) is 23.0 Å². The monoisotopic (exact) mass is 450 g/mol. The first-order chi connectivity index (χ1) is 16.7. The van der Waals surface area contributed by atoms with Gasteiger partial charge in [0.2, 0.25) is 0 Å². The fourth-order valence-electron chi connectivity index (χ4n) is 3.53. The lowest BCUT2D eigenvalue weighted by Crippen LogP contribution is -2.02. The average Bonchev–Trinajstić information content (AvgIpc) is 2.88. The molecule has 0 saturated carbocycles. The standard InChI is InChI=1S/C30H26O4/c31-29(23-15-19-27(20-16-23)33-25-9-3-1-4-10-25)13-7-8-14-30(32)24-17-21-28(22-18-24)34-26-11-5-2-6-12-26/h1-6,9-12,15-22H,7-8,13-14H2. The van der Waals surface area contributed by atoms with E-state index in [0.29, 0.717) is 48.3 Å². The van der Waals surface area contributed by atoms with Crippen molar-refractivity contribution in [2.75, 3.05) is 0 Å². The molecular formula is C30H26O4. The first-order valence-corrected chi connectivity index (χ1v) is 11.4. The summed E-state index contributed by atoms with van der Waals surface area (Å²) in [5.41, 5.74) is 1.31. The van der Waals surface area contributed by atoms with Crippen LogP contribution in [-0.2, 0) is 0 Å². The predicted molar refractivity (Wildman–Crippen MR) is 133 cm³/mol. The second-order valence-corrected chi connectivity index (χ2v) is 7.93. The van der Waals surface area contributed by atoms with E-state index in [4.69, 9.17) is 9.47 Å². The zero-order chi connectivity index (χ0) is 23.6. The summed E-state index contributed by atoms with van der Waals surface area (Å²) in [5, 5.41) is 0. The Morgan fingerprint density at radius 3 is 1.12 bits per heavy atom. The molecule has 0 radical (unpaired) electrons. The Kier molecular flexibility index (Phi) is 7.86. The first kappa shape index (κ1) is 23.0. The van der Waals surface area contributed by atoms with Crippen LogP contribution in [0.3, 0.4) is 0 Å². The van der Waals surface area contributed by atoms with Crippen molar-refractivity contribution in [2.45, 2.75) is 25.7 Å². The molecule has 0 aromatic heterocycles. The van der Waals surface area contributed by atoms with Crippen molar-refractivity contribution in [1.82, 2.24) is 0 Å². The van der Waals surface area contributed by atoms with Gasteiger partial charge in [0.05, 0.1) is 0 Å². The van der Waals surface area contributed by atoms with Gasteiger partial charge in [-0.2, -0.15) is 0 Å². The van der Waals surface area contributed by atoms with E-state index >= 15 is 0 Å². The van der Waals surface area contributed by atoms with Gasteiger partial charge in [0.15, 0.2) is 11.6 Å². The fraction of sp³-hybridized carbons (Fsp3) is 0.133. The molecule has 0 heterocycles. The van der Waals surface area contributed by atoms with Crippen molar-refractivity contribution in [3.8, 4) is 23.0 Å². The van der Waals surface area contributed by atoms with Crippen molar-refractivity contribution in [2.24, 2.45) is 0 Å². The highest BCUT2D eigenvalue weighted by atomic mass is 16.5. The first-order valence-electron chi connectivity index (χ1n) is 11.4. The number of ether oxygens (including phenoxy) is 2. The number of ketones is 2. The van der Waals surface area contributed by atoms with Crippen LogP contribution < -0.4 is 9.47 Å². The van der Waals surface area contributed by atoms with E-state index in [-0.39, 0.29) is 11.6 Å². The number of carbonyl (C=O) groups is 2. The van der Waals surface area contributed by atoms with Crippen LogP contribution in [0.4, 0.5) is 0 Å². The Bertz CT molecular complexity index is 1100. The number of carbonyl (C=O) groups excluding carboxylic acids is 2. The minimum Gasteiger partial charge on any atom is -0.457 e. The molecule has 34 heavy (non-hydrogen) atoms. The van der Waals surface area contributed by atoms with Crippen LogP contribution in [0.2, 0.25) is 0 Å². The highest BCUT2D eigenvalue weighted by Gasteiger charge is 2.09. The molecule has 0 fully saturated rings.